The summed E-state index contributed by atoms with van der Waals surface area (Å²) < 4.78 is 0. The Kier molecular flexibility index (Phi) is 3.84. The minimum Gasteiger partial charge on any atom is -0.481 e. The summed E-state index contributed by atoms with van der Waals surface area (Å²) >= 11 is 0. The van der Waals surface area contributed by atoms with Crippen molar-refractivity contribution in [3.63, 3.8) is 0 Å². The Morgan fingerprint density at radius 2 is 1.82 bits per heavy atom. The van der Waals surface area contributed by atoms with Crippen LogP contribution in [0.1, 0.15) is 41.0 Å². The maximum atomic E-state index is 12.3. The zero-order valence-corrected chi connectivity index (χ0v) is 11.4. The van der Waals surface area contributed by atoms with E-state index in [1.165, 1.54) is 0 Å². The highest BCUT2D eigenvalue weighted by Gasteiger charge is 2.66. The maximum Gasteiger partial charge on any atom is 0.307 e. The van der Waals surface area contributed by atoms with Crippen LogP contribution >= 0.6 is 0 Å². The molecule has 17 heavy (non-hydrogen) atoms. The van der Waals surface area contributed by atoms with Crippen molar-refractivity contribution in [1.82, 2.24) is 4.90 Å². The molecule has 1 aliphatic carbocycles. The number of carbonyl (C=O) groups is 2. The molecule has 0 saturated heterocycles. The van der Waals surface area contributed by atoms with Crippen molar-refractivity contribution in [2.24, 2.45) is 17.3 Å². The molecule has 0 aliphatic heterocycles. The summed E-state index contributed by atoms with van der Waals surface area (Å²) in [6, 6.07) is 0.179. The van der Waals surface area contributed by atoms with Crippen molar-refractivity contribution in [1.29, 1.82) is 0 Å². The summed E-state index contributed by atoms with van der Waals surface area (Å²) in [4.78, 5) is 25.2. The van der Waals surface area contributed by atoms with Gasteiger partial charge in [0.25, 0.3) is 0 Å². The van der Waals surface area contributed by atoms with Crippen LogP contribution in [-0.4, -0.2) is 34.5 Å². The lowest BCUT2D eigenvalue weighted by Gasteiger charge is -2.28. The van der Waals surface area contributed by atoms with Crippen molar-refractivity contribution in [3.05, 3.63) is 0 Å². The molecule has 1 amide bonds. The Morgan fingerprint density at radius 1 is 1.29 bits per heavy atom. The highest BCUT2D eigenvalue weighted by molar-refractivity contribution is 5.91. The molecule has 0 aromatic carbocycles. The number of hydrogen-bond acceptors (Lipinski definition) is 2. The molecule has 0 aromatic rings. The van der Waals surface area contributed by atoms with Gasteiger partial charge in [0.05, 0.1) is 11.8 Å². The molecule has 1 fully saturated rings. The first kappa shape index (κ1) is 14.0. The van der Waals surface area contributed by atoms with Gasteiger partial charge in [-0.1, -0.05) is 20.8 Å². The molecule has 0 bridgehead atoms. The molecule has 4 heteroatoms. The van der Waals surface area contributed by atoms with Gasteiger partial charge in [-0.3, -0.25) is 9.59 Å². The van der Waals surface area contributed by atoms with Crippen LogP contribution in [0.5, 0.6) is 0 Å². The number of aliphatic carboxylic acids is 1. The number of nitrogens with zero attached hydrogens (tertiary/aromatic N) is 1. The number of carboxylic acids is 1. The predicted octanol–water partition coefficient (Wildman–Crippen LogP) is 1.99. The molecule has 1 aliphatic rings. The molecule has 0 spiro atoms. The Labute approximate surface area is 103 Å². The Balaban J connectivity index is 2.81. The van der Waals surface area contributed by atoms with Gasteiger partial charge in [0, 0.05) is 12.6 Å². The molecule has 1 N–H and O–H groups in total. The van der Waals surface area contributed by atoms with E-state index in [2.05, 4.69) is 0 Å². The Morgan fingerprint density at radius 3 is 2.12 bits per heavy atom. The zero-order valence-electron chi connectivity index (χ0n) is 11.4. The molecule has 98 valence electrons. The smallest absolute Gasteiger partial charge is 0.307 e. The van der Waals surface area contributed by atoms with Crippen molar-refractivity contribution >= 4 is 11.9 Å². The average Bonchev–Trinajstić information content (AvgIpc) is 2.82. The number of amides is 1. The lowest BCUT2D eigenvalue weighted by molar-refractivity contribution is -0.142. The second-order valence-corrected chi connectivity index (χ2v) is 5.50. The molecular weight excluding hydrogens is 218 g/mol. The molecule has 0 aromatic heterocycles. The lowest BCUT2D eigenvalue weighted by atomic mass is 10.1. The van der Waals surface area contributed by atoms with E-state index in [-0.39, 0.29) is 17.9 Å². The van der Waals surface area contributed by atoms with Crippen molar-refractivity contribution in [2.75, 3.05) is 6.54 Å². The third-order valence-electron chi connectivity index (χ3n) is 4.11. The van der Waals surface area contributed by atoms with Crippen LogP contribution < -0.4 is 0 Å². The largest absolute Gasteiger partial charge is 0.481 e. The molecular formula is C13H23NO3. The molecule has 3 atom stereocenters. The summed E-state index contributed by atoms with van der Waals surface area (Å²) in [5, 5.41) is 9.09. The van der Waals surface area contributed by atoms with Gasteiger partial charge in [0.2, 0.25) is 5.91 Å². The van der Waals surface area contributed by atoms with E-state index in [0.717, 1.165) is 6.42 Å². The van der Waals surface area contributed by atoms with Gasteiger partial charge < -0.3 is 10.0 Å². The predicted molar refractivity (Wildman–Crippen MR) is 65.5 cm³/mol. The van der Waals surface area contributed by atoms with E-state index in [1.807, 2.05) is 34.6 Å². The van der Waals surface area contributed by atoms with E-state index in [9.17, 15) is 9.59 Å². The standard InChI is InChI=1S/C13H23NO3/c1-6-8(3)14(7-2)11(15)9-10(12(16)17)13(9,4)5/h8-10H,6-7H2,1-5H3,(H,16,17). The first-order chi connectivity index (χ1) is 7.78. The van der Waals surface area contributed by atoms with Gasteiger partial charge in [0.15, 0.2) is 0 Å². The van der Waals surface area contributed by atoms with Crippen LogP contribution in [0.4, 0.5) is 0 Å². The molecule has 3 unspecified atom stereocenters. The van der Waals surface area contributed by atoms with E-state index >= 15 is 0 Å². The summed E-state index contributed by atoms with van der Waals surface area (Å²) in [5.74, 6) is -1.73. The number of carboxylic acid groups (broad SMARTS) is 1. The van der Waals surface area contributed by atoms with E-state index in [1.54, 1.807) is 4.90 Å². The van der Waals surface area contributed by atoms with Crippen LogP contribution in [0.3, 0.4) is 0 Å². The topological polar surface area (TPSA) is 57.6 Å². The van der Waals surface area contributed by atoms with Gasteiger partial charge in [-0.25, -0.2) is 0 Å². The molecule has 1 saturated carbocycles. The number of rotatable bonds is 5. The van der Waals surface area contributed by atoms with E-state index < -0.39 is 17.3 Å². The monoisotopic (exact) mass is 241 g/mol. The van der Waals surface area contributed by atoms with Gasteiger partial charge in [-0.2, -0.15) is 0 Å². The Hall–Kier alpha value is -1.06. The zero-order chi connectivity index (χ0) is 13.4. The molecule has 4 nitrogen and oxygen atoms in total. The summed E-state index contributed by atoms with van der Waals surface area (Å²) in [6.45, 7) is 10.3. The van der Waals surface area contributed by atoms with Crippen molar-refractivity contribution in [2.45, 2.75) is 47.1 Å². The van der Waals surface area contributed by atoms with Gasteiger partial charge in [0.1, 0.15) is 0 Å². The third-order valence-corrected chi connectivity index (χ3v) is 4.11. The highest BCUT2D eigenvalue weighted by Crippen LogP contribution is 2.59. The lowest BCUT2D eigenvalue weighted by Crippen LogP contribution is -2.40. The van der Waals surface area contributed by atoms with Crippen molar-refractivity contribution < 1.29 is 14.7 Å². The summed E-state index contributed by atoms with van der Waals surface area (Å²) in [6.07, 6.45) is 0.893. The molecule has 0 heterocycles. The van der Waals surface area contributed by atoms with E-state index in [4.69, 9.17) is 5.11 Å². The Bertz CT molecular complexity index is 325. The quantitative estimate of drug-likeness (QED) is 0.800. The normalized spacial score (nSPS) is 27.4. The van der Waals surface area contributed by atoms with Gasteiger partial charge in [-0.15, -0.1) is 0 Å². The summed E-state index contributed by atoms with van der Waals surface area (Å²) in [5.41, 5.74) is -0.399. The SMILES string of the molecule is CCC(C)N(CC)C(=O)C1C(C(=O)O)C1(C)C. The first-order valence-electron chi connectivity index (χ1n) is 6.32. The van der Waals surface area contributed by atoms with Crippen LogP contribution in [-0.2, 0) is 9.59 Å². The average molecular weight is 241 g/mol. The second kappa shape index (κ2) is 4.67. The van der Waals surface area contributed by atoms with Crippen LogP contribution in [0.15, 0.2) is 0 Å². The molecule has 1 rings (SSSR count). The number of hydrogen-bond donors (Lipinski definition) is 1. The van der Waals surface area contributed by atoms with Crippen LogP contribution in [0.2, 0.25) is 0 Å². The van der Waals surface area contributed by atoms with E-state index in [0.29, 0.717) is 6.54 Å². The number of carbonyl (C=O) groups excluding carboxylic acids is 1. The second-order valence-electron chi connectivity index (χ2n) is 5.50. The van der Waals surface area contributed by atoms with Crippen molar-refractivity contribution in [3.8, 4) is 0 Å². The fourth-order valence-corrected chi connectivity index (χ4v) is 2.64. The van der Waals surface area contributed by atoms with Crippen LogP contribution in [0.25, 0.3) is 0 Å². The maximum absolute atomic E-state index is 12.3. The summed E-state index contributed by atoms with van der Waals surface area (Å²) in [7, 11) is 0. The fraction of sp³-hybridized carbons (Fsp3) is 0.846. The molecule has 0 radical (unpaired) electrons. The minimum absolute atomic E-state index is 0.000694. The third kappa shape index (κ3) is 2.31. The highest BCUT2D eigenvalue weighted by atomic mass is 16.4. The van der Waals surface area contributed by atoms with Gasteiger partial charge in [-0.05, 0) is 25.7 Å². The first-order valence-corrected chi connectivity index (χ1v) is 6.32. The van der Waals surface area contributed by atoms with Crippen LogP contribution in [0, 0.1) is 17.3 Å². The minimum atomic E-state index is -0.853. The fourth-order valence-electron chi connectivity index (χ4n) is 2.64. The van der Waals surface area contributed by atoms with Gasteiger partial charge >= 0.3 is 5.97 Å².